The molecule has 3 rings (SSSR count). The van der Waals surface area contributed by atoms with Crippen molar-refractivity contribution in [2.75, 3.05) is 26.2 Å². The van der Waals surface area contributed by atoms with Crippen LogP contribution in [-0.4, -0.2) is 44.9 Å². The standard InChI is InChI=1S/C24H32N2O4S/c1-19-12-13-22(18-23(19)31(28,29)26-15-7-4-8-16-26)24(27)25-14-9-17-30-20(2)21-10-5-3-6-11-21/h3,5-6,10-13,18,20H,4,7-9,14-17H2,1-2H3,(H,25,27). The summed E-state index contributed by atoms with van der Waals surface area (Å²) in [6, 6.07) is 14.9. The Labute approximate surface area is 185 Å². The van der Waals surface area contributed by atoms with Crippen LogP contribution in [0, 0.1) is 6.92 Å². The van der Waals surface area contributed by atoms with E-state index in [-0.39, 0.29) is 16.9 Å². The predicted molar refractivity (Wildman–Crippen MR) is 122 cm³/mol. The average Bonchev–Trinajstić information content (AvgIpc) is 2.80. The predicted octanol–water partition coefficient (Wildman–Crippen LogP) is 4.07. The van der Waals surface area contributed by atoms with Crippen molar-refractivity contribution in [2.45, 2.75) is 50.5 Å². The van der Waals surface area contributed by atoms with Gasteiger partial charge in [0.2, 0.25) is 10.0 Å². The first-order chi connectivity index (χ1) is 14.9. The number of amides is 1. The molecule has 1 heterocycles. The zero-order valence-electron chi connectivity index (χ0n) is 18.3. The fourth-order valence-electron chi connectivity index (χ4n) is 3.72. The Hall–Kier alpha value is -2.22. The van der Waals surface area contributed by atoms with Crippen molar-refractivity contribution in [3.63, 3.8) is 0 Å². The summed E-state index contributed by atoms with van der Waals surface area (Å²) < 4.78 is 33.4. The highest BCUT2D eigenvalue weighted by Crippen LogP contribution is 2.24. The molecule has 1 unspecified atom stereocenters. The van der Waals surface area contributed by atoms with E-state index < -0.39 is 10.0 Å². The third-order valence-electron chi connectivity index (χ3n) is 5.63. The summed E-state index contributed by atoms with van der Waals surface area (Å²) in [6.45, 7) is 5.84. The Morgan fingerprint density at radius 2 is 1.81 bits per heavy atom. The molecule has 1 amide bonds. The number of piperidine rings is 1. The summed E-state index contributed by atoms with van der Waals surface area (Å²) in [7, 11) is -3.58. The van der Waals surface area contributed by atoms with Gasteiger partial charge in [-0.05, 0) is 56.4 Å². The number of carbonyl (C=O) groups is 1. The van der Waals surface area contributed by atoms with Gasteiger partial charge in [-0.25, -0.2) is 8.42 Å². The molecule has 1 aliphatic heterocycles. The highest BCUT2D eigenvalue weighted by atomic mass is 32.2. The summed E-state index contributed by atoms with van der Waals surface area (Å²) in [4.78, 5) is 12.8. The quantitative estimate of drug-likeness (QED) is 0.592. The summed E-state index contributed by atoms with van der Waals surface area (Å²) in [5.74, 6) is -0.272. The number of aryl methyl sites for hydroxylation is 1. The highest BCUT2D eigenvalue weighted by Gasteiger charge is 2.28. The van der Waals surface area contributed by atoms with Crippen LogP contribution in [0.1, 0.15) is 60.2 Å². The molecule has 0 saturated carbocycles. The molecular formula is C24H32N2O4S. The maximum Gasteiger partial charge on any atom is 0.251 e. The van der Waals surface area contributed by atoms with Crippen LogP contribution in [0.15, 0.2) is 53.4 Å². The second kappa shape index (κ2) is 10.9. The largest absolute Gasteiger partial charge is 0.374 e. The number of hydrogen-bond donors (Lipinski definition) is 1. The number of carbonyl (C=O) groups excluding carboxylic acids is 1. The lowest BCUT2D eigenvalue weighted by Gasteiger charge is -2.26. The molecule has 0 bridgehead atoms. The molecule has 1 atom stereocenters. The minimum absolute atomic E-state index is 0.00319. The number of nitrogens with zero attached hydrogens (tertiary/aromatic N) is 1. The van der Waals surface area contributed by atoms with Crippen molar-refractivity contribution in [3.8, 4) is 0 Å². The molecule has 1 N–H and O–H groups in total. The smallest absolute Gasteiger partial charge is 0.251 e. The summed E-state index contributed by atoms with van der Waals surface area (Å²) in [5.41, 5.74) is 2.14. The van der Waals surface area contributed by atoms with Crippen LogP contribution >= 0.6 is 0 Å². The van der Waals surface area contributed by atoms with Gasteiger partial charge in [-0.1, -0.05) is 42.8 Å². The topological polar surface area (TPSA) is 75.7 Å². The molecule has 168 valence electrons. The maximum atomic E-state index is 13.0. The fourth-order valence-corrected chi connectivity index (χ4v) is 5.49. The van der Waals surface area contributed by atoms with E-state index in [4.69, 9.17) is 4.74 Å². The number of sulfonamides is 1. The first-order valence-corrected chi connectivity index (χ1v) is 12.4. The minimum atomic E-state index is -3.58. The minimum Gasteiger partial charge on any atom is -0.374 e. The van der Waals surface area contributed by atoms with Crippen molar-refractivity contribution in [3.05, 3.63) is 65.2 Å². The van der Waals surface area contributed by atoms with Crippen LogP contribution < -0.4 is 5.32 Å². The molecule has 0 spiro atoms. The summed E-state index contributed by atoms with van der Waals surface area (Å²) in [6.07, 6.45) is 3.48. The summed E-state index contributed by atoms with van der Waals surface area (Å²) in [5, 5.41) is 2.86. The molecule has 1 saturated heterocycles. The molecule has 2 aromatic rings. The van der Waals surface area contributed by atoms with Gasteiger partial charge in [0.25, 0.3) is 5.91 Å². The van der Waals surface area contributed by atoms with Crippen LogP contribution in [0.25, 0.3) is 0 Å². The van der Waals surface area contributed by atoms with Crippen LogP contribution in [0.2, 0.25) is 0 Å². The van der Waals surface area contributed by atoms with Gasteiger partial charge < -0.3 is 10.1 Å². The normalized spacial score (nSPS) is 16.1. The SMILES string of the molecule is Cc1ccc(C(=O)NCCCOC(C)c2ccccc2)cc1S(=O)(=O)N1CCCCC1. The molecule has 1 aliphatic rings. The van der Waals surface area contributed by atoms with Gasteiger partial charge in [0.1, 0.15) is 0 Å². The van der Waals surface area contributed by atoms with E-state index in [1.807, 2.05) is 37.3 Å². The van der Waals surface area contributed by atoms with Crippen molar-refractivity contribution >= 4 is 15.9 Å². The molecule has 31 heavy (non-hydrogen) atoms. The number of ether oxygens (including phenoxy) is 1. The monoisotopic (exact) mass is 444 g/mol. The first-order valence-electron chi connectivity index (χ1n) is 10.9. The molecule has 6 nitrogen and oxygen atoms in total. The fraction of sp³-hybridized carbons (Fsp3) is 0.458. The zero-order chi connectivity index (χ0) is 22.3. The average molecular weight is 445 g/mol. The molecule has 0 aromatic heterocycles. The van der Waals surface area contributed by atoms with Gasteiger partial charge in [0.15, 0.2) is 0 Å². The lowest BCUT2D eigenvalue weighted by Crippen LogP contribution is -2.36. The van der Waals surface area contributed by atoms with Crippen LogP contribution in [0.4, 0.5) is 0 Å². The molecule has 7 heteroatoms. The third-order valence-corrected chi connectivity index (χ3v) is 7.67. The van der Waals surface area contributed by atoms with E-state index in [9.17, 15) is 13.2 Å². The van der Waals surface area contributed by atoms with Crippen molar-refractivity contribution in [1.29, 1.82) is 0 Å². The first kappa shape index (κ1) is 23.4. The van der Waals surface area contributed by atoms with Crippen molar-refractivity contribution in [2.24, 2.45) is 0 Å². The Morgan fingerprint density at radius 3 is 2.52 bits per heavy atom. The van der Waals surface area contributed by atoms with Gasteiger partial charge in [-0.2, -0.15) is 4.31 Å². The summed E-state index contributed by atoms with van der Waals surface area (Å²) >= 11 is 0. The maximum absolute atomic E-state index is 13.0. The molecule has 0 aliphatic carbocycles. The van der Waals surface area contributed by atoms with Crippen LogP contribution in [-0.2, 0) is 14.8 Å². The lowest BCUT2D eigenvalue weighted by atomic mass is 10.1. The van der Waals surface area contributed by atoms with Crippen molar-refractivity contribution in [1.82, 2.24) is 9.62 Å². The van der Waals surface area contributed by atoms with E-state index in [1.54, 1.807) is 19.1 Å². The zero-order valence-corrected chi connectivity index (χ0v) is 19.2. The van der Waals surface area contributed by atoms with E-state index in [1.165, 1.54) is 10.4 Å². The third kappa shape index (κ3) is 6.15. The Balaban J connectivity index is 1.53. The Kier molecular flexibility index (Phi) is 8.23. The number of rotatable bonds is 9. The van der Waals surface area contributed by atoms with Crippen LogP contribution in [0.5, 0.6) is 0 Å². The second-order valence-electron chi connectivity index (χ2n) is 7.98. The number of benzene rings is 2. The lowest BCUT2D eigenvalue weighted by molar-refractivity contribution is 0.0635. The number of nitrogens with one attached hydrogen (secondary N) is 1. The second-order valence-corrected chi connectivity index (χ2v) is 9.88. The molecule has 1 fully saturated rings. The van der Waals surface area contributed by atoms with E-state index in [2.05, 4.69) is 5.32 Å². The van der Waals surface area contributed by atoms with Crippen molar-refractivity contribution < 1.29 is 17.9 Å². The van der Waals surface area contributed by atoms with Gasteiger partial charge in [-0.3, -0.25) is 4.79 Å². The van der Waals surface area contributed by atoms with Gasteiger partial charge in [-0.15, -0.1) is 0 Å². The van der Waals surface area contributed by atoms with E-state index in [0.29, 0.717) is 43.8 Å². The molecule has 2 aromatic carbocycles. The molecular weight excluding hydrogens is 412 g/mol. The van der Waals surface area contributed by atoms with Gasteiger partial charge in [0.05, 0.1) is 11.0 Å². The highest BCUT2D eigenvalue weighted by molar-refractivity contribution is 7.89. The Bertz CT molecular complexity index is 970. The van der Waals surface area contributed by atoms with E-state index in [0.717, 1.165) is 24.8 Å². The number of hydrogen-bond acceptors (Lipinski definition) is 4. The van der Waals surface area contributed by atoms with Gasteiger partial charge >= 0.3 is 0 Å². The van der Waals surface area contributed by atoms with E-state index >= 15 is 0 Å². The Morgan fingerprint density at radius 1 is 1.10 bits per heavy atom. The van der Waals surface area contributed by atoms with Crippen LogP contribution in [0.3, 0.4) is 0 Å². The molecule has 0 radical (unpaired) electrons. The van der Waals surface area contributed by atoms with Gasteiger partial charge in [0, 0.05) is 31.8 Å².